The zero-order valence-electron chi connectivity index (χ0n) is 28.2. The number of benzene rings is 4. The van der Waals surface area contributed by atoms with Crippen LogP contribution in [0.3, 0.4) is 0 Å². The summed E-state index contributed by atoms with van der Waals surface area (Å²) in [5.74, 6) is 0. The molecular formula is C44H38Cl2S2Zr. The first-order valence-corrected chi connectivity index (χ1v) is 17.8. The van der Waals surface area contributed by atoms with E-state index in [1.807, 2.05) is 22.7 Å². The minimum atomic E-state index is 0. The molecule has 0 bridgehead atoms. The third-order valence-electron chi connectivity index (χ3n) is 8.90. The van der Waals surface area contributed by atoms with Gasteiger partial charge in [-0.05, 0) is 68.5 Å². The Hall–Kier alpha value is -3.04. The Labute approximate surface area is 330 Å². The van der Waals surface area contributed by atoms with E-state index < -0.39 is 0 Å². The van der Waals surface area contributed by atoms with Crippen LogP contribution in [0.5, 0.6) is 0 Å². The predicted octanol–water partition coefficient (Wildman–Crippen LogP) is 7.66. The van der Waals surface area contributed by atoms with Crippen molar-refractivity contribution in [3.05, 3.63) is 154 Å². The Balaban J connectivity index is 0.000000208. The first-order valence-electron chi connectivity index (χ1n) is 16.2. The van der Waals surface area contributed by atoms with Crippen molar-refractivity contribution in [2.24, 2.45) is 0 Å². The second kappa shape index (κ2) is 17.3. The number of thiophene rings is 2. The Kier molecular flexibility index (Phi) is 13.7. The van der Waals surface area contributed by atoms with Crippen LogP contribution in [-0.2, 0) is 39.0 Å². The molecule has 0 radical (unpaired) electrons. The quantitative estimate of drug-likeness (QED) is 0.152. The van der Waals surface area contributed by atoms with Crippen LogP contribution in [0.1, 0.15) is 34.7 Å². The van der Waals surface area contributed by atoms with Gasteiger partial charge in [0, 0.05) is 0 Å². The van der Waals surface area contributed by atoms with Crippen molar-refractivity contribution >= 4 is 44.2 Å². The van der Waals surface area contributed by atoms with Crippen molar-refractivity contribution in [3.8, 4) is 43.1 Å². The molecule has 0 spiro atoms. The summed E-state index contributed by atoms with van der Waals surface area (Å²) in [7, 11) is 0. The molecule has 0 atom stereocenters. The van der Waals surface area contributed by atoms with Gasteiger partial charge in [-0.2, -0.15) is 22.7 Å². The number of hydrogen-bond acceptors (Lipinski definition) is 2. The fourth-order valence-corrected chi connectivity index (χ4v) is 7.99. The molecule has 0 unspecified atom stereocenters. The summed E-state index contributed by atoms with van der Waals surface area (Å²) in [6.45, 7) is 8.72. The van der Waals surface area contributed by atoms with Crippen molar-refractivity contribution in [1.82, 2.24) is 0 Å². The Morgan fingerprint density at radius 2 is 0.878 bits per heavy atom. The molecule has 0 aliphatic heterocycles. The Bertz CT molecular complexity index is 2080. The van der Waals surface area contributed by atoms with Gasteiger partial charge < -0.3 is 24.8 Å². The largest absolute Gasteiger partial charge is 4.00 e. The second-order valence-electron chi connectivity index (χ2n) is 12.0. The zero-order chi connectivity index (χ0) is 31.6. The molecule has 0 N–H and O–H groups in total. The molecule has 2 aromatic heterocycles. The maximum atomic E-state index is 2.34. The average Bonchev–Trinajstić information content (AvgIpc) is 3.91. The van der Waals surface area contributed by atoms with Gasteiger partial charge in [-0.3, -0.25) is 0 Å². The normalized spacial score (nSPS) is 10.5. The number of fused-ring (bicyclic) bond motifs is 2. The van der Waals surface area contributed by atoms with Crippen molar-refractivity contribution in [1.29, 1.82) is 0 Å². The molecule has 0 saturated heterocycles. The second-order valence-corrected chi connectivity index (χ2v) is 14.6. The van der Waals surface area contributed by atoms with Crippen molar-refractivity contribution in [2.75, 3.05) is 0 Å². The third kappa shape index (κ3) is 8.47. The fraction of sp³-hybridized carbons (Fsp3) is 0.136. The van der Waals surface area contributed by atoms with Crippen LogP contribution in [0.2, 0.25) is 0 Å². The monoisotopic (exact) mass is 790 g/mol. The van der Waals surface area contributed by atoms with Gasteiger partial charge in [0.15, 0.2) is 0 Å². The van der Waals surface area contributed by atoms with E-state index in [-0.39, 0.29) is 51.0 Å². The van der Waals surface area contributed by atoms with Gasteiger partial charge in [0.2, 0.25) is 0 Å². The molecule has 49 heavy (non-hydrogen) atoms. The minimum Gasteiger partial charge on any atom is -1.00 e. The maximum absolute atomic E-state index is 2.34. The van der Waals surface area contributed by atoms with E-state index in [0.29, 0.717) is 0 Å². The SMILES string of the molecule is CCc1ccc(-c2cccc3[cH-]c(-c4ccc(C)s4)cc23)cc1.CCc1ccc(-c2cccc3[cH-]c(-c4ccc(C)s4)cc23)cc1.[Cl-].[Cl-].[Zr+4]. The molecule has 0 saturated carbocycles. The smallest absolute Gasteiger partial charge is 1.00 e. The van der Waals surface area contributed by atoms with E-state index in [4.69, 9.17) is 0 Å². The van der Waals surface area contributed by atoms with Gasteiger partial charge >= 0.3 is 26.2 Å². The van der Waals surface area contributed by atoms with Gasteiger partial charge in [-0.15, -0.1) is 69.1 Å². The molecule has 0 fully saturated rings. The topological polar surface area (TPSA) is 0 Å². The van der Waals surface area contributed by atoms with Crippen LogP contribution < -0.4 is 24.8 Å². The molecule has 0 aliphatic rings. The van der Waals surface area contributed by atoms with E-state index in [0.717, 1.165) is 12.8 Å². The average molecular weight is 793 g/mol. The summed E-state index contributed by atoms with van der Waals surface area (Å²) in [5.41, 5.74) is 10.7. The molecule has 8 aromatic rings. The minimum absolute atomic E-state index is 0. The van der Waals surface area contributed by atoms with Gasteiger partial charge in [0.1, 0.15) is 0 Å². The predicted molar refractivity (Wildman–Crippen MR) is 205 cm³/mol. The van der Waals surface area contributed by atoms with Gasteiger partial charge in [0.05, 0.1) is 0 Å². The number of hydrogen-bond donors (Lipinski definition) is 0. The molecule has 2 heterocycles. The molecule has 0 nitrogen and oxygen atoms in total. The van der Waals surface area contributed by atoms with Crippen LogP contribution in [0.4, 0.5) is 0 Å². The van der Waals surface area contributed by atoms with Crippen LogP contribution >= 0.6 is 22.7 Å². The van der Waals surface area contributed by atoms with E-state index >= 15 is 0 Å². The molecule has 0 amide bonds. The van der Waals surface area contributed by atoms with Crippen LogP contribution in [0, 0.1) is 13.8 Å². The molecule has 8 rings (SSSR count). The number of rotatable bonds is 6. The molecule has 6 aromatic carbocycles. The summed E-state index contributed by atoms with van der Waals surface area (Å²) < 4.78 is 0. The summed E-state index contributed by atoms with van der Waals surface area (Å²) in [5, 5.41) is 5.34. The van der Waals surface area contributed by atoms with Crippen molar-refractivity contribution in [2.45, 2.75) is 40.5 Å². The Morgan fingerprint density at radius 1 is 0.490 bits per heavy atom. The van der Waals surface area contributed by atoms with Crippen molar-refractivity contribution < 1.29 is 51.0 Å². The standard InChI is InChI=1S/2C22H19S.2ClH.Zr/c2*1-3-16-8-10-17(11-9-16)20-6-4-5-18-13-19(14-21(18)20)22-12-7-15(2)23-22;;;/h2*4-14H,3H2,1-2H3;2*1H;/q2*-1;;;+4/p-2. The van der Waals surface area contributed by atoms with E-state index in [2.05, 4.69) is 161 Å². The van der Waals surface area contributed by atoms with Crippen LogP contribution in [0.15, 0.2) is 133 Å². The summed E-state index contributed by atoms with van der Waals surface area (Å²) >= 11 is 3.73. The van der Waals surface area contributed by atoms with E-state index in [9.17, 15) is 0 Å². The summed E-state index contributed by atoms with van der Waals surface area (Å²) in [6.07, 6.45) is 2.17. The first-order chi connectivity index (χ1) is 22.5. The fourth-order valence-electron chi connectivity index (χ4n) is 6.28. The van der Waals surface area contributed by atoms with Crippen molar-refractivity contribution in [3.63, 3.8) is 0 Å². The number of halogens is 2. The zero-order valence-corrected chi connectivity index (χ0v) is 33.8. The molecule has 0 aliphatic carbocycles. The maximum Gasteiger partial charge on any atom is 4.00 e. The molecule has 5 heteroatoms. The number of aryl methyl sites for hydroxylation is 4. The van der Waals surface area contributed by atoms with Gasteiger partial charge in [0.25, 0.3) is 0 Å². The summed E-state index contributed by atoms with van der Waals surface area (Å²) in [4.78, 5) is 5.43. The molecule has 244 valence electrons. The summed E-state index contributed by atoms with van der Waals surface area (Å²) in [6, 6.07) is 49.3. The first kappa shape index (κ1) is 38.8. The van der Waals surface area contributed by atoms with Crippen LogP contribution in [0.25, 0.3) is 64.7 Å². The molecular weight excluding hydrogens is 755 g/mol. The van der Waals surface area contributed by atoms with Gasteiger partial charge in [-0.25, -0.2) is 0 Å². The van der Waals surface area contributed by atoms with E-state index in [1.54, 1.807) is 0 Å². The van der Waals surface area contributed by atoms with Gasteiger partial charge in [-0.1, -0.05) is 122 Å². The Morgan fingerprint density at radius 3 is 1.20 bits per heavy atom. The third-order valence-corrected chi connectivity index (χ3v) is 11.0. The van der Waals surface area contributed by atoms with Crippen LogP contribution in [-0.4, -0.2) is 0 Å². The van der Waals surface area contributed by atoms with E-state index in [1.165, 1.54) is 85.6 Å².